The van der Waals surface area contributed by atoms with Crippen LogP contribution in [0.1, 0.15) is 22.8 Å². The monoisotopic (exact) mass is 257 g/mol. The molecule has 1 unspecified atom stereocenters. The van der Waals surface area contributed by atoms with Crippen LogP contribution in [-0.2, 0) is 0 Å². The van der Waals surface area contributed by atoms with Crippen LogP contribution in [-0.4, -0.2) is 34.9 Å². The first-order chi connectivity index (χ1) is 7.87. The third-order valence-corrected chi connectivity index (χ3v) is 2.89. The fourth-order valence-corrected chi connectivity index (χ4v) is 1.45. The summed E-state index contributed by atoms with van der Waals surface area (Å²) in [6, 6.07) is 5.05. The van der Waals surface area contributed by atoms with E-state index in [-0.39, 0.29) is 12.5 Å². The molecule has 0 spiro atoms. The molecule has 1 aromatic carbocycles. The molecule has 0 bridgehead atoms. The average Bonchev–Trinajstić information content (AvgIpc) is 2.30. The number of aliphatic hydroxyl groups excluding tert-OH is 1. The first-order valence-electron chi connectivity index (χ1n) is 5.24. The number of rotatable bonds is 4. The van der Waals surface area contributed by atoms with Crippen molar-refractivity contribution in [1.29, 1.82) is 0 Å². The van der Waals surface area contributed by atoms with Crippen LogP contribution in [0.4, 0.5) is 0 Å². The molecule has 1 amide bonds. The van der Waals surface area contributed by atoms with Crippen molar-refractivity contribution in [1.82, 2.24) is 5.32 Å². The van der Waals surface area contributed by atoms with Crippen LogP contribution in [0.3, 0.4) is 0 Å². The molecule has 0 saturated carbocycles. The Kier molecular flexibility index (Phi) is 4.51. The fourth-order valence-electron chi connectivity index (χ4n) is 1.28. The highest BCUT2D eigenvalue weighted by Crippen LogP contribution is 2.18. The summed E-state index contributed by atoms with van der Waals surface area (Å²) in [4.78, 5) is 11.8. The maximum absolute atomic E-state index is 11.8. The van der Waals surface area contributed by atoms with E-state index in [1.807, 2.05) is 0 Å². The predicted molar refractivity (Wildman–Crippen MR) is 66.2 cm³/mol. The Bertz CT molecular complexity index is 418. The summed E-state index contributed by atoms with van der Waals surface area (Å²) in [7, 11) is 0. The number of aliphatic hydroxyl groups is 2. The van der Waals surface area contributed by atoms with E-state index in [1.165, 1.54) is 6.92 Å². The van der Waals surface area contributed by atoms with Gasteiger partial charge < -0.3 is 15.5 Å². The lowest BCUT2D eigenvalue weighted by molar-refractivity contribution is 0.00319. The minimum absolute atomic E-state index is 0.0196. The molecule has 94 valence electrons. The minimum Gasteiger partial charge on any atom is -0.393 e. The summed E-state index contributed by atoms with van der Waals surface area (Å²) in [6.07, 6.45) is 0. The maximum atomic E-state index is 11.8. The number of benzene rings is 1. The van der Waals surface area contributed by atoms with E-state index < -0.39 is 12.2 Å². The van der Waals surface area contributed by atoms with E-state index in [1.54, 1.807) is 25.1 Å². The van der Waals surface area contributed by atoms with E-state index in [2.05, 4.69) is 5.32 Å². The molecule has 0 radical (unpaired) electrons. The summed E-state index contributed by atoms with van der Waals surface area (Å²) in [6.45, 7) is 2.76. The topological polar surface area (TPSA) is 69.6 Å². The second kappa shape index (κ2) is 5.49. The van der Waals surface area contributed by atoms with Gasteiger partial charge in [-0.15, -0.1) is 0 Å². The van der Waals surface area contributed by atoms with Gasteiger partial charge in [0.2, 0.25) is 0 Å². The zero-order valence-electron chi connectivity index (χ0n) is 9.83. The van der Waals surface area contributed by atoms with Gasteiger partial charge in [0.05, 0.1) is 6.61 Å². The molecule has 1 aromatic rings. The standard InChI is InChI=1S/C12H16ClNO3/c1-8-9(4-3-5-10(8)13)11(16)14-6-12(2,17)7-15/h3-5,15,17H,6-7H2,1-2H3,(H,14,16). The molecule has 0 aliphatic rings. The van der Waals surface area contributed by atoms with Crippen LogP contribution in [0, 0.1) is 6.92 Å². The Labute approximate surface area is 105 Å². The summed E-state index contributed by atoms with van der Waals surface area (Å²) in [5, 5.41) is 21.5. The number of halogens is 1. The van der Waals surface area contributed by atoms with Crippen LogP contribution < -0.4 is 5.32 Å². The molecule has 0 fully saturated rings. The summed E-state index contributed by atoms with van der Waals surface area (Å²) >= 11 is 5.91. The summed E-state index contributed by atoms with van der Waals surface area (Å²) in [5.41, 5.74) is -0.163. The number of amides is 1. The lowest BCUT2D eigenvalue weighted by Crippen LogP contribution is -2.43. The van der Waals surface area contributed by atoms with Gasteiger partial charge in [-0.25, -0.2) is 0 Å². The van der Waals surface area contributed by atoms with Crippen molar-refractivity contribution in [2.24, 2.45) is 0 Å². The van der Waals surface area contributed by atoms with Crippen molar-refractivity contribution in [2.75, 3.05) is 13.2 Å². The van der Waals surface area contributed by atoms with Gasteiger partial charge in [0, 0.05) is 17.1 Å². The molecule has 5 heteroatoms. The molecule has 0 heterocycles. The lowest BCUT2D eigenvalue weighted by Gasteiger charge is -2.20. The molecule has 0 aliphatic heterocycles. The van der Waals surface area contributed by atoms with Gasteiger partial charge in [0.25, 0.3) is 5.91 Å². The largest absolute Gasteiger partial charge is 0.393 e. The van der Waals surface area contributed by atoms with Gasteiger partial charge in [-0.1, -0.05) is 17.7 Å². The van der Waals surface area contributed by atoms with E-state index in [0.717, 1.165) is 0 Å². The van der Waals surface area contributed by atoms with Crippen molar-refractivity contribution in [3.63, 3.8) is 0 Å². The van der Waals surface area contributed by atoms with Crippen LogP contribution in [0.25, 0.3) is 0 Å². The van der Waals surface area contributed by atoms with E-state index in [9.17, 15) is 9.90 Å². The SMILES string of the molecule is Cc1c(Cl)cccc1C(=O)NCC(C)(O)CO. The molecule has 0 saturated heterocycles. The lowest BCUT2D eigenvalue weighted by atomic mass is 10.1. The fraction of sp³-hybridized carbons (Fsp3) is 0.417. The van der Waals surface area contributed by atoms with Crippen LogP contribution >= 0.6 is 11.6 Å². The van der Waals surface area contributed by atoms with Crippen molar-refractivity contribution in [3.05, 3.63) is 34.3 Å². The number of hydrogen-bond acceptors (Lipinski definition) is 3. The quantitative estimate of drug-likeness (QED) is 0.757. The molecule has 1 rings (SSSR count). The van der Waals surface area contributed by atoms with E-state index in [0.29, 0.717) is 16.1 Å². The van der Waals surface area contributed by atoms with Crippen LogP contribution in [0.2, 0.25) is 5.02 Å². The van der Waals surface area contributed by atoms with Crippen LogP contribution in [0.5, 0.6) is 0 Å². The highest BCUT2D eigenvalue weighted by Gasteiger charge is 2.20. The molecule has 17 heavy (non-hydrogen) atoms. The number of hydrogen-bond donors (Lipinski definition) is 3. The Morgan fingerprint density at radius 1 is 1.53 bits per heavy atom. The van der Waals surface area contributed by atoms with Crippen LogP contribution in [0.15, 0.2) is 18.2 Å². The van der Waals surface area contributed by atoms with Crippen molar-refractivity contribution < 1.29 is 15.0 Å². The Balaban J connectivity index is 2.74. The van der Waals surface area contributed by atoms with E-state index >= 15 is 0 Å². The van der Waals surface area contributed by atoms with Crippen molar-refractivity contribution >= 4 is 17.5 Å². The molecule has 0 aliphatic carbocycles. The number of nitrogens with one attached hydrogen (secondary N) is 1. The Morgan fingerprint density at radius 3 is 2.76 bits per heavy atom. The molecular weight excluding hydrogens is 242 g/mol. The smallest absolute Gasteiger partial charge is 0.251 e. The summed E-state index contributed by atoms with van der Waals surface area (Å²) < 4.78 is 0. The Morgan fingerprint density at radius 2 is 2.18 bits per heavy atom. The number of carbonyl (C=O) groups excluding carboxylic acids is 1. The third kappa shape index (κ3) is 3.70. The molecular formula is C12H16ClNO3. The zero-order valence-corrected chi connectivity index (χ0v) is 10.6. The normalized spacial score (nSPS) is 14.2. The van der Waals surface area contributed by atoms with Gasteiger partial charge in [0.15, 0.2) is 0 Å². The molecule has 4 nitrogen and oxygen atoms in total. The Hall–Kier alpha value is -1.10. The van der Waals surface area contributed by atoms with Gasteiger partial charge in [-0.05, 0) is 31.5 Å². The first-order valence-corrected chi connectivity index (χ1v) is 5.62. The highest BCUT2D eigenvalue weighted by molar-refractivity contribution is 6.31. The van der Waals surface area contributed by atoms with Crippen molar-refractivity contribution in [3.8, 4) is 0 Å². The number of carbonyl (C=O) groups is 1. The average molecular weight is 258 g/mol. The molecule has 0 aromatic heterocycles. The second-order valence-corrected chi connectivity index (χ2v) is 4.66. The predicted octanol–water partition coefficient (Wildman–Crippen LogP) is 1.12. The van der Waals surface area contributed by atoms with Gasteiger partial charge in [-0.3, -0.25) is 4.79 Å². The van der Waals surface area contributed by atoms with Gasteiger partial charge in [0.1, 0.15) is 5.60 Å². The highest BCUT2D eigenvalue weighted by atomic mass is 35.5. The maximum Gasteiger partial charge on any atom is 0.251 e. The second-order valence-electron chi connectivity index (χ2n) is 4.25. The molecule has 3 N–H and O–H groups in total. The van der Waals surface area contributed by atoms with Gasteiger partial charge >= 0.3 is 0 Å². The molecule has 1 atom stereocenters. The minimum atomic E-state index is -1.32. The summed E-state index contributed by atoms with van der Waals surface area (Å²) in [5.74, 6) is -0.321. The van der Waals surface area contributed by atoms with Crippen molar-refractivity contribution in [2.45, 2.75) is 19.4 Å². The zero-order chi connectivity index (χ0) is 13.1. The van der Waals surface area contributed by atoms with E-state index in [4.69, 9.17) is 16.7 Å². The first kappa shape index (κ1) is 14.0. The third-order valence-electron chi connectivity index (χ3n) is 2.48. The van der Waals surface area contributed by atoms with Gasteiger partial charge in [-0.2, -0.15) is 0 Å².